The van der Waals surface area contributed by atoms with E-state index in [-0.39, 0.29) is 21.5 Å². The van der Waals surface area contributed by atoms with E-state index in [2.05, 4.69) is 41.8 Å². The molecule has 0 saturated carbocycles. The minimum atomic E-state index is -5.26. The molecule has 3 aliphatic heterocycles. The zero-order valence-electron chi connectivity index (χ0n) is 43.9. The first-order chi connectivity index (χ1) is 37.5. The summed E-state index contributed by atoms with van der Waals surface area (Å²) in [5, 5.41) is 22.2. The fraction of sp³-hybridized carbons (Fsp3) is 0.500. The van der Waals surface area contributed by atoms with Gasteiger partial charge in [-0.15, -0.1) is 0 Å². The molecule has 7 rings (SSSR count). The second-order valence-corrected chi connectivity index (χ2v) is 20.6. The summed E-state index contributed by atoms with van der Waals surface area (Å²) in [6.07, 6.45) is -15.3. The fourth-order valence-electron chi connectivity index (χ4n) is 9.31. The van der Waals surface area contributed by atoms with Crippen LogP contribution in [0.2, 0.25) is 0 Å². The Kier molecular flexibility index (Phi) is 18.3. The molecule has 3 fully saturated rings. The maximum Gasteiger partial charge on any atom is 0.407 e. The van der Waals surface area contributed by atoms with Crippen molar-refractivity contribution in [2.75, 3.05) is 51.9 Å². The number of nitrogens with one attached hydrogen (secondary N) is 4. The molecule has 5 N–H and O–H groups in total. The molecule has 5 heterocycles. The molecule has 2 bridgehead atoms. The number of piperazine rings is 1. The number of likely N-dealkylation sites (tertiary alicyclic amines) is 1. The number of hydrazine groups is 1. The summed E-state index contributed by atoms with van der Waals surface area (Å²) in [4.78, 5) is 62.2. The molecule has 3 aliphatic rings. The van der Waals surface area contributed by atoms with Crippen LogP contribution in [0.1, 0.15) is 62.9 Å². The van der Waals surface area contributed by atoms with Crippen LogP contribution in [-0.2, 0) is 36.8 Å². The van der Waals surface area contributed by atoms with Gasteiger partial charge in [0.25, 0.3) is 5.91 Å². The number of aliphatic hydroxyl groups excluding tert-OH is 1. The molecule has 0 spiro atoms. The number of benzene rings is 2. The normalized spacial score (nSPS) is 18.4. The number of halogens is 10. The van der Waals surface area contributed by atoms with Gasteiger partial charge in [-0.05, 0) is 88.6 Å². The van der Waals surface area contributed by atoms with E-state index in [1.807, 2.05) is 28.2 Å². The first kappa shape index (κ1) is 60.4. The van der Waals surface area contributed by atoms with Crippen molar-refractivity contribution in [1.29, 1.82) is 0 Å². The van der Waals surface area contributed by atoms with Crippen molar-refractivity contribution in [3.63, 3.8) is 0 Å². The molecule has 3 saturated heterocycles. The Balaban J connectivity index is 1.18. The van der Waals surface area contributed by atoms with Gasteiger partial charge in [-0.2, -0.15) is 40.2 Å². The molecule has 2 aromatic heterocycles. The zero-order chi connectivity index (χ0) is 58.6. The van der Waals surface area contributed by atoms with Crippen molar-refractivity contribution >= 4 is 29.8 Å². The number of carbonyl (C=O) groups excluding carboxylic acids is 4. The lowest BCUT2D eigenvalue weighted by molar-refractivity contribution is -0.239. The number of amides is 4. The Morgan fingerprint density at radius 3 is 2.00 bits per heavy atom. The number of nitrogens with zero attached hydrogens (tertiary/aromatic N) is 6. The Morgan fingerprint density at radius 2 is 1.48 bits per heavy atom. The topological polar surface area (TPSA) is 205 Å². The molecule has 0 unspecified atom stereocenters. The molecule has 18 nitrogen and oxygen atoms in total. The third-order valence-corrected chi connectivity index (χ3v) is 14.5. The molecule has 80 heavy (non-hydrogen) atoms. The van der Waals surface area contributed by atoms with Gasteiger partial charge in [0, 0.05) is 80.0 Å². The lowest BCUT2D eigenvalue weighted by Gasteiger charge is -2.42. The highest BCUT2D eigenvalue weighted by Crippen LogP contribution is 2.43. The van der Waals surface area contributed by atoms with E-state index in [4.69, 9.17) is 9.47 Å². The highest BCUT2D eigenvalue weighted by molar-refractivity contribution is 5.87. The van der Waals surface area contributed by atoms with Crippen molar-refractivity contribution in [3.8, 4) is 23.1 Å². The minimum Gasteiger partial charge on any atom is -0.453 e. The number of alkyl carbamates (subject to hydrolysis) is 2. The SMILES string of the molecule is CNC(=O)O[C@H](C(=O)NN(Cc1c(F)cc(-c2ccn(C(F)F)n2)cc1F)C[C@H](O)[C@H](Cc1ccc(C#Cc2ccc(N3C[C@H]4C[C@@H]3CN4C3COC3)nc2)cc1)NC(=O)[C@@H](NC(=O)OC)C(C)(C)C(F)(F)F)C(C)(C)C(F)(F)F. The van der Waals surface area contributed by atoms with Crippen molar-refractivity contribution in [3.05, 3.63) is 101 Å². The van der Waals surface area contributed by atoms with E-state index in [0.29, 0.717) is 74.1 Å². The number of aromatic nitrogens is 3. The Labute approximate surface area is 452 Å². The summed E-state index contributed by atoms with van der Waals surface area (Å²) in [6.45, 7) is 0.0312. The number of rotatable bonds is 19. The lowest BCUT2D eigenvalue weighted by atomic mass is 9.82. The number of pyridine rings is 1. The molecule has 2 aromatic carbocycles. The number of anilines is 1. The van der Waals surface area contributed by atoms with Crippen molar-refractivity contribution in [1.82, 2.24) is 46.0 Å². The quantitative estimate of drug-likeness (QED) is 0.0402. The smallest absolute Gasteiger partial charge is 0.407 e. The van der Waals surface area contributed by atoms with Crippen LogP contribution in [0.5, 0.6) is 0 Å². The van der Waals surface area contributed by atoms with Crippen LogP contribution in [0.15, 0.2) is 67.0 Å². The number of fused-ring (bicyclic) bond motifs is 2. The van der Waals surface area contributed by atoms with Crippen molar-refractivity contribution < 1.29 is 82.4 Å². The largest absolute Gasteiger partial charge is 0.453 e. The lowest BCUT2D eigenvalue weighted by Crippen LogP contribution is -2.62. The van der Waals surface area contributed by atoms with Crippen LogP contribution < -0.4 is 26.3 Å². The number of aliphatic hydroxyl groups is 1. The highest BCUT2D eigenvalue weighted by atomic mass is 19.4. The van der Waals surface area contributed by atoms with Gasteiger partial charge in [0.05, 0.1) is 49.6 Å². The van der Waals surface area contributed by atoms with Crippen molar-refractivity contribution in [2.45, 2.75) is 108 Å². The van der Waals surface area contributed by atoms with Crippen LogP contribution in [0.3, 0.4) is 0 Å². The molecule has 4 amide bonds. The number of alkyl halides is 8. The van der Waals surface area contributed by atoms with Crippen LogP contribution >= 0.6 is 0 Å². The van der Waals surface area contributed by atoms with Gasteiger partial charge in [-0.1, -0.05) is 24.0 Å². The molecular weight excluding hydrogens is 1080 g/mol. The second-order valence-electron chi connectivity index (χ2n) is 20.6. The summed E-state index contributed by atoms with van der Waals surface area (Å²) in [5.74, 6) is 0.686. The number of hydrogen-bond donors (Lipinski definition) is 5. The number of carbonyl (C=O) groups is 4. The van der Waals surface area contributed by atoms with Crippen LogP contribution in [-0.4, -0.2) is 156 Å². The summed E-state index contributed by atoms with van der Waals surface area (Å²) in [6, 6.07) is 9.07. The third-order valence-electron chi connectivity index (χ3n) is 14.5. The first-order valence-corrected chi connectivity index (χ1v) is 24.9. The van der Waals surface area contributed by atoms with E-state index in [1.54, 1.807) is 18.3 Å². The van der Waals surface area contributed by atoms with E-state index >= 15 is 8.78 Å². The van der Waals surface area contributed by atoms with Gasteiger partial charge in [0.15, 0.2) is 6.10 Å². The van der Waals surface area contributed by atoms with Gasteiger partial charge in [0.1, 0.15) is 28.9 Å². The first-order valence-electron chi connectivity index (χ1n) is 24.9. The second kappa shape index (κ2) is 24.2. The number of methoxy groups -OCH3 is 1. The van der Waals surface area contributed by atoms with Gasteiger partial charge in [0.2, 0.25) is 5.91 Å². The molecule has 0 radical (unpaired) electrons. The van der Waals surface area contributed by atoms with E-state index in [0.717, 1.165) is 65.0 Å². The highest BCUT2D eigenvalue weighted by Gasteiger charge is 2.58. The Hall–Kier alpha value is -7.22. The fourth-order valence-corrected chi connectivity index (χ4v) is 9.31. The predicted octanol–water partition coefficient (Wildman–Crippen LogP) is 6.23. The maximum atomic E-state index is 16.0. The maximum absolute atomic E-state index is 16.0. The molecule has 434 valence electrons. The van der Waals surface area contributed by atoms with E-state index in [1.165, 1.54) is 12.1 Å². The molecular formula is C52H58F10N10O8. The Bertz CT molecular complexity index is 2910. The molecule has 28 heteroatoms. The zero-order valence-corrected chi connectivity index (χ0v) is 43.9. The molecule has 4 aromatic rings. The van der Waals surface area contributed by atoms with Crippen molar-refractivity contribution in [2.24, 2.45) is 10.8 Å². The number of hydrogen-bond acceptors (Lipinski definition) is 13. The van der Waals surface area contributed by atoms with Gasteiger partial charge >= 0.3 is 31.1 Å². The monoisotopic (exact) mass is 1140 g/mol. The third kappa shape index (κ3) is 13.7. The summed E-state index contributed by atoms with van der Waals surface area (Å²) in [7, 11) is 1.79. The molecule has 0 aliphatic carbocycles. The summed E-state index contributed by atoms with van der Waals surface area (Å²) in [5.41, 5.74) is -4.54. The van der Waals surface area contributed by atoms with E-state index < -0.39 is 115 Å². The van der Waals surface area contributed by atoms with Gasteiger partial charge < -0.3 is 40.2 Å². The standard InChI is InChI=1S/C52H58F10N10O8/c1-49(2,51(57,58)59)42(66-48(77)78-6)44(74)65-39(17-29-10-7-28(8-11-29)9-12-30-13-14-41(64-21-30)71-23-32-20-33(71)22-70(32)34-26-79-27-34)40(73)25-69(68-45(75)43(80-47(76)63-5)50(3,4)52(60,61)62)24-35-36(53)18-31(19-37(35)54)38-15-16-72(67-38)46(55)56/h7-8,10-11,13-16,18-19,21,32-34,39-40,42-43,46,73H,17,20,22-27H2,1-6H3,(H,63,76)(H,65,74)(H,66,77)(H,68,75)/t32-,33-,39+,40+,42-,43-/m1/s1. The minimum absolute atomic E-state index is 0.197. The predicted molar refractivity (Wildman–Crippen MR) is 265 cm³/mol. The summed E-state index contributed by atoms with van der Waals surface area (Å²) < 4.78 is 161. The van der Waals surface area contributed by atoms with Gasteiger partial charge in [-0.25, -0.2) is 33.0 Å². The van der Waals surface area contributed by atoms with Crippen LogP contribution in [0, 0.1) is 34.3 Å². The van der Waals surface area contributed by atoms with Gasteiger partial charge in [-0.3, -0.25) is 19.9 Å². The summed E-state index contributed by atoms with van der Waals surface area (Å²) >= 11 is 0. The van der Waals surface area contributed by atoms with Crippen LogP contribution in [0.25, 0.3) is 11.3 Å². The average molecular weight is 1140 g/mol. The van der Waals surface area contributed by atoms with E-state index in [9.17, 15) is 59.4 Å². The Morgan fingerprint density at radius 1 is 0.838 bits per heavy atom. The number of ether oxygens (including phenoxy) is 3. The van der Waals surface area contributed by atoms with Crippen LogP contribution in [0.4, 0.5) is 59.3 Å². The average Bonchev–Trinajstić information content (AvgIpc) is 4.15. The molecule has 6 atom stereocenters.